The van der Waals surface area contributed by atoms with E-state index in [9.17, 15) is 4.79 Å². The molecule has 0 spiro atoms. The van der Waals surface area contributed by atoms with Crippen LogP contribution in [-0.2, 0) is 11.8 Å². The number of nitrogens with one attached hydrogen (secondary N) is 1. The molecule has 0 bridgehead atoms. The van der Waals surface area contributed by atoms with Crippen LogP contribution in [0.2, 0.25) is 0 Å². The predicted molar refractivity (Wildman–Crippen MR) is 86.1 cm³/mol. The predicted octanol–water partition coefficient (Wildman–Crippen LogP) is 2.12. The van der Waals surface area contributed by atoms with Crippen molar-refractivity contribution in [2.24, 2.45) is 7.05 Å². The zero-order valence-electron chi connectivity index (χ0n) is 12.9. The molecule has 1 amide bonds. The Bertz CT molecular complexity index is 851. The number of benzene rings is 1. The number of para-hydroxylation sites is 1. The van der Waals surface area contributed by atoms with E-state index in [1.807, 2.05) is 53.0 Å². The Morgan fingerprint density at radius 2 is 2.26 bits per heavy atom. The molecule has 1 aliphatic heterocycles. The van der Waals surface area contributed by atoms with Gasteiger partial charge in [0.15, 0.2) is 0 Å². The monoisotopic (exact) mass is 310 g/mol. The fourth-order valence-corrected chi connectivity index (χ4v) is 3.21. The molecule has 0 radical (unpaired) electrons. The number of carbonyl (C=O) groups excluding carboxylic acids is 1. The number of hydrogen-bond acceptors (Lipinski definition) is 3. The molecule has 2 aromatic heterocycles. The van der Waals surface area contributed by atoms with Gasteiger partial charge in [0.1, 0.15) is 0 Å². The highest BCUT2D eigenvalue weighted by Crippen LogP contribution is 2.27. The molecule has 1 N–H and O–H groups in total. The van der Waals surface area contributed by atoms with E-state index >= 15 is 0 Å². The lowest BCUT2D eigenvalue weighted by molar-refractivity contribution is -0.00453. The smallest absolute Gasteiger partial charge is 0.256 e. The molecule has 23 heavy (non-hydrogen) atoms. The summed E-state index contributed by atoms with van der Waals surface area (Å²) >= 11 is 0. The first kappa shape index (κ1) is 14.0. The van der Waals surface area contributed by atoms with Gasteiger partial charge in [0, 0.05) is 30.9 Å². The molecule has 0 aliphatic carbocycles. The summed E-state index contributed by atoms with van der Waals surface area (Å²) in [6, 6.07) is 9.64. The summed E-state index contributed by atoms with van der Waals surface area (Å²) in [5.41, 5.74) is 2.52. The van der Waals surface area contributed by atoms with Crippen LogP contribution >= 0.6 is 0 Å². The van der Waals surface area contributed by atoms with Crippen LogP contribution in [0.25, 0.3) is 10.9 Å². The summed E-state index contributed by atoms with van der Waals surface area (Å²) in [5.74, 6) is 0.00866. The quantitative estimate of drug-likeness (QED) is 0.788. The van der Waals surface area contributed by atoms with Crippen molar-refractivity contribution in [2.45, 2.75) is 6.04 Å². The van der Waals surface area contributed by atoms with Crippen LogP contribution in [0.15, 0.2) is 42.7 Å². The maximum Gasteiger partial charge on any atom is 0.256 e. The fraction of sp³-hybridized carbons (Fsp3) is 0.294. The van der Waals surface area contributed by atoms with E-state index in [2.05, 4.69) is 10.2 Å². The zero-order chi connectivity index (χ0) is 15.8. The number of H-pyrrole nitrogens is 1. The Labute approximate surface area is 133 Å². The molecule has 0 saturated carbocycles. The van der Waals surface area contributed by atoms with Gasteiger partial charge in [0.05, 0.1) is 36.5 Å². The first-order chi connectivity index (χ1) is 11.3. The highest BCUT2D eigenvalue weighted by molar-refractivity contribution is 6.05. The number of morpholine rings is 1. The molecule has 3 aromatic rings. The molecular weight excluding hydrogens is 292 g/mol. The van der Waals surface area contributed by atoms with Gasteiger partial charge in [-0.2, -0.15) is 5.10 Å². The molecule has 1 fully saturated rings. The minimum Gasteiger partial charge on any atom is -0.377 e. The summed E-state index contributed by atoms with van der Waals surface area (Å²) in [6.45, 7) is 1.66. The molecule has 3 heterocycles. The van der Waals surface area contributed by atoms with Crippen molar-refractivity contribution in [3.8, 4) is 0 Å². The van der Waals surface area contributed by atoms with Gasteiger partial charge in [0.2, 0.25) is 0 Å². The Morgan fingerprint density at radius 3 is 3.09 bits per heavy atom. The molecule has 1 aliphatic rings. The summed E-state index contributed by atoms with van der Waals surface area (Å²) in [6.07, 6.45) is 3.72. The third-order valence-corrected chi connectivity index (χ3v) is 4.42. The number of rotatable bonds is 2. The number of fused-ring (bicyclic) bond motifs is 1. The molecule has 1 unspecified atom stereocenters. The van der Waals surface area contributed by atoms with Crippen LogP contribution in [0.3, 0.4) is 0 Å². The second kappa shape index (κ2) is 5.55. The number of aromatic nitrogens is 3. The molecule has 1 aromatic carbocycles. The number of aromatic amines is 1. The van der Waals surface area contributed by atoms with Gasteiger partial charge in [-0.25, -0.2) is 0 Å². The second-order valence-corrected chi connectivity index (χ2v) is 5.77. The molecule has 1 atom stereocenters. The van der Waals surface area contributed by atoms with Crippen molar-refractivity contribution in [1.82, 2.24) is 19.7 Å². The van der Waals surface area contributed by atoms with E-state index in [-0.39, 0.29) is 11.9 Å². The van der Waals surface area contributed by atoms with Crippen molar-refractivity contribution in [1.29, 1.82) is 0 Å². The highest BCUT2D eigenvalue weighted by atomic mass is 16.5. The Balaban J connectivity index is 1.73. The van der Waals surface area contributed by atoms with Gasteiger partial charge in [-0.1, -0.05) is 12.1 Å². The van der Waals surface area contributed by atoms with E-state index in [0.29, 0.717) is 25.3 Å². The van der Waals surface area contributed by atoms with Crippen LogP contribution in [0.1, 0.15) is 22.1 Å². The third kappa shape index (κ3) is 2.31. The van der Waals surface area contributed by atoms with Crippen LogP contribution in [0, 0.1) is 0 Å². The maximum absolute atomic E-state index is 13.1. The molecular formula is C17H18N4O2. The summed E-state index contributed by atoms with van der Waals surface area (Å²) in [5, 5.41) is 7.93. The van der Waals surface area contributed by atoms with E-state index in [1.54, 1.807) is 6.20 Å². The lowest BCUT2D eigenvalue weighted by Gasteiger charge is -2.36. The SMILES string of the molecule is Cn1cccc1C1COCCN1C(=O)c1cccc2cn[nH]c12. The Hall–Kier alpha value is -2.60. The average Bonchev–Trinajstić information content (AvgIpc) is 3.22. The van der Waals surface area contributed by atoms with Crippen LogP contribution in [0.4, 0.5) is 0 Å². The van der Waals surface area contributed by atoms with Gasteiger partial charge in [-0.3, -0.25) is 9.89 Å². The summed E-state index contributed by atoms with van der Waals surface area (Å²) < 4.78 is 7.66. The minimum atomic E-state index is -0.0746. The second-order valence-electron chi connectivity index (χ2n) is 5.77. The molecule has 4 rings (SSSR count). The minimum absolute atomic E-state index is 0.00866. The van der Waals surface area contributed by atoms with Gasteiger partial charge in [-0.15, -0.1) is 0 Å². The first-order valence-electron chi connectivity index (χ1n) is 7.68. The van der Waals surface area contributed by atoms with E-state index in [4.69, 9.17) is 4.74 Å². The maximum atomic E-state index is 13.1. The van der Waals surface area contributed by atoms with Gasteiger partial charge in [0.25, 0.3) is 5.91 Å². The number of ether oxygens (including phenoxy) is 1. The normalized spacial score (nSPS) is 18.5. The Morgan fingerprint density at radius 1 is 1.35 bits per heavy atom. The van der Waals surface area contributed by atoms with Crippen molar-refractivity contribution in [3.05, 3.63) is 54.0 Å². The van der Waals surface area contributed by atoms with Crippen LogP contribution in [0.5, 0.6) is 0 Å². The van der Waals surface area contributed by atoms with E-state index < -0.39 is 0 Å². The number of nitrogens with zero attached hydrogens (tertiary/aromatic N) is 3. The Kier molecular flexibility index (Phi) is 3.38. The number of hydrogen-bond donors (Lipinski definition) is 1. The van der Waals surface area contributed by atoms with Crippen LogP contribution < -0.4 is 0 Å². The standard InChI is InChI=1S/C17H18N4O2/c1-20-7-3-6-14(20)15-11-23-9-8-21(15)17(22)13-5-2-4-12-10-18-19-16(12)13/h2-7,10,15H,8-9,11H2,1H3,(H,18,19). The number of aryl methyl sites for hydroxylation is 1. The first-order valence-corrected chi connectivity index (χ1v) is 7.68. The number of carbonyl (C=O) groups is 1. The zero-order valence-corrected chi connectivity index (χ0v) is 12.9. The highest BCUT2D eigenvalue weighted by Gasteiger charge is 2.31. The topological polar surface area (TPSA) is 63.1 Å². The average molecular weight is 310 g/mol. The van der Waals surface area contributed by atoms with E-state index in [0.717, 1.165) is 16.6 Å². The van der Waals surface area contributed by atoms with E-state index in [1.165, 1.54) is 0 Å². The summed E-state index contributed by atoms with van der Waals surface area (Å²) in [4.78, 5) is 15.0. The van der Waals surface area contributed by atoms with Crippen molar-refractivity contribution < 1.29 is 9.53 Å². The largest absolute Gasteiger partial charge is 0.377 e. The van der Waals surface area contributed by atoms with Crippen molar-refractivity contribution in [2.75, 3.05) is 19.8 Å². The lowest BCUT2D eigenvalue weighted by atomic mass is 10.1. The third-order valence-electron chi connectivity index (χ3n) is 4.42. The van der Waals surface area contributed by atoms with Crippen molar-refractivity contribution in [3.63, 3.8) is 0 Å². The van der Waals surface area contributed by atoms with Gasteiger partial charge < -0.3 is 14.2 Å². The molecule has 6 heteroatoms. The fourth-order valence-electron chi connectivity index (χ4n) is 3.21. The van der Waals surface area contributed by atoms with Gasteiger partial charge in [-0.05, 0) is 18.2 Å². The molecule has 1 saturated heterocycles. The van der Waals surface area contributed by atoms with Gasteiger partial charge >= 0.3 is 0 Å². The van der Waals surface area contributed by atoms with Crippen molar-refractivity contribution >= 4 is 16.8 Å². The lowest BCUT2D eigenvalue weighted by Crippen LogP contribution is -2.44. The number of amides is 1. The van der Waals surface area contributed by atoms with Crippen LogP contribution in [-0.4, -0.2) is 45.3 Å². The summed E-state index contributed by atoms with van der Waals surface area (Å²) in [7, 11) is 1.99. The molecule has 6 nitrogen and oxygen atoms in total. The molecule has 118 valence electrons.